The Morgan fingerprint density at radius 1 is 1.55 bits per heavy atom. The van der Waals surface area contributed by atoms with Gasteiger partial charge >= 0.3 is 6.03 Å². The number of amides is 2. The van der Waals surface area contributed by atoms with E-state index in [-0.39, 0.29) is 12.1 Å². The van der Waals surface area contributed by atoms with Gasteiger partial charge in [-0.15, -0.1) is 16.4 Å². The Morgan fingerprint density at radius 2 is 2.30 bits per heavy atom. The van der Waals surface area contributed by atoms with Crippen molar-refractivity contribution in [1.29, 1.82) is 0 Å². The monoisotopic (exact) mass is 311 g/mol. The molecule has 8 heteroatoms. The topological polar surface area (TPSA) is 71.0 Å². The van der Waals surface area contributed by atoms with Gasteiger partial charge in [0.15, 0.2) is 0 Å². The summed E-state index contributed by atoms with van der Waals surface area (Å²) in [5, 5.41) is 8.22. The molecule has 0 aliphatic rings. The molecule has 0 aliphatic carbocycles. The predicted molar refractivity (Wildman–Crippen MR) is 81.3 cm³/mol. The maximum absolute atomic E-state index is 12.2. The van der Waals surface area contributed by atoms with Crippen LogP contribution < -0.4 is 5.32 Å². The Hall–Kier alpha value is -1.54. The Kier molecular flexibility index (Phi) is 4.66. The number of rotatable bonds is 4. The van der Waals surface area contributed by atoms with E-state index < -0.39 is 0 Å². The van der Waals surface area contributed by atoms with Gasteiger partial charge in [0.1, 0.15) is 5.00 Å². The van der Waals surface area contributed by atoms with E-state index in [1.54, 1.807) is 23.3 Å². The molecule has 6 nitrogen and oxygen atoms in total. The molecule has 0 saturated heterocycles. The van der Waals surface area contributed by atoms with Crippen LogP contribution in [-0.2, 0) is 6.42 Å². The zero-order valence-electron chi connectivity index (χ0n) is 11.9. The Bertz CT molecular complexity index is 581. The van der Waals surface area contributed by atoms with E-state index in [2.05, 4.69) is 26.8 Å². The highest BCUT2D eigenvalue weighted by molar-refractivity contribution is 7.11. The third-order valence-corrected chi connectivity index (χ3v) is 5.10. The average molecular weight is 311 g/mol. The van der Waals surface area contributed by atoms with E-state index in [1.807, 2.05) is 13.8 Å². The predicted octanol–water partition coefficient (Wildman–Crippen LogP) is 3.09. The first kappa shape index (κ1) is 14.9. The smallest absolute Gasteiger partial charge is 0.320 e. The van der Waals surface area contributed by atoms with Gasteiger partial charge in [0.25, 0.3) is 0 Å². The van der Waals surface area contributed by atoms with Crippen molar-refractivity contribution in [2.45, 2.75) is 33.2 Å². The summed E-state index contributed by atoms with van der Waals surface area (Å²) in [4.78, 5) is 19.5. The lowest BCUT2D eigenvalue weighted by atomic mass is 10.2. The van der Waals surface area contributed by atoms with Crippen LogP contribution in [0.5, 0.6) is 0 Å². The van der Waals surface area contributed by atoms with Crippen molar-refractivity contribution in [3.63, 3.8) is 0 Å². The molecule has 1 N–H and O–H groups in total. The zero-order chi connectivity index (χ0) is 14.7. The minimum absolute atomic E-state index is 0.0197. The van der Waals surface area contributed by atoms with Crippen molar-refractivity contribution >= 4 is 33.9 Å². The first-order chi connectivity index (χ1) is 9.52. The summed E-state index contributed by atoms with van der Waals surface area (Å²) >= 11 is 2.82. The lowest BCUT2D eigenvalue weighted by molar-refractivity contribution is 0.209. The largest absolute Gasteiger partial charge is 0.322 e. The third-order valence-electron chi connectivity index (χ3n) is 3.05. The van der Waals surface area contributed by atoms with Gasteiger partial charge in [-0.3, -0.25) is 5.32 Å². The van der Waals surface area contributed by atoms with Crippen molar-refractivity contribution in [1.82, 2.24) is 19.5 Å². The van der Waals surface area contributed by atoms with Crippen molar-refractivity contribution in [2.24, 2.45) is 0 Å². The van der Waals surface area contributed by atoms with Crippen molar-refractivity contribution in [3.05, 3.63) is 21.8 Å². The molecule has 2 rings (SSSR count). The quantitative estimate of drug-likeness (QED) is 0.942. The van der Waals surface area contributed by atoms with Crippen LogP contribution in [0.3, 0.4) is 0 Å². The average Bonchev–Trinajstić information content (AvgIpc) is 3.06. The number of aryl methyl sites for hydroxylation is 2. The highest BCUT2D eigenvalue weighted by atomic mass is 32.1. The molecule has 0 spiro atoms. The first-order valence-electron chi connectivity index (χ1n) is 6.30. The second-order valence-corrected chi connectivity index (χ2v) is 6.31. The molecule has 1 unspecified atom stereocenters. The van der Waals surface area contributed by atoms with Crippen molar-refractivity contribution in [2.75, 3.05) is 12.4 Å². The summed E-state index contributed by atoms with van der Waals surface area (Å²) < 4.78 is 3.72. The number of hydrogen-bond acceptors (Lipinski definition) is 6. The summed E-state index contributed by atoms with van der Waals surface area (Å²) in [6.07, 6.45) is 2.45. The number of carbonyl (C=O) groups excluding carboxylic acids is 1. The lowest BCUT2D eigenvalue weighted by Crippen LogP contribution is -2.33. The lowest BCUT2D eigenvalue weighted by Gasteiger charge is -2.24. The summed E-state index contributed by atoms with van der Waals surface area (Å²) in [6.45, 7) is 6.07. The fourth-order valence-corrected chi connectivity index (χ4v) is 3.28. The van der Waals surface area contributed by atoms with Crippen LogP contribution in [0.2, 0.25) is 0 Å². The normalized spacial score (nSPS) is 12.2. The van der Waals surface area contributed by atoms with E-state index in [4.69, 9.17) is 0 Å². The number of carbonyl (C=O) groups is 1. The summed E-state index contributed by atoms with van der Waals surface area (Å²) in [6, 6.07) is -0.192. The number of hydrogen-bond donors (Lipinski definition) is 1. The molecular formula is C12H17N5OS2. The minimum atomic E-state index is -0.172. The molecule has 0 saturated carbocycles. The van der Waals surface area contributed by atoms with Crippen LogP contribution >= 0.6 is 22.9 Å². The van der Waals surface area contributed by atoms with E-state index in [0.29, 0.717) is 5.00 Å². The fourth-order valence-electron chi connectivity index (χ4n) is 1.77. The molecule has 0 bridgehead atoms. The van der Waals surface area contributed by atoms with Gasteiger partial charge < -0.3 is 4.90 Å². The highest BCUT2D eigenvalue weighted by Gasteiger charge is 2.22. The van der Waals surface area contributed by atoms with Crippen molar-refractivity contribution < 1.29 is 4.79 Å². The molecule has 1 atom stereocenters. The van der Waals surface area contributed by atoms with Crippen LogP contribution in [0.4, 0.5) is 9.80 Å². The molecule has 0 radical (unpaired) electrons. The third kappa shape index (κ3) is 3.13. The van der Waals surface area contributed by atoms with E-state index in [0.717, 1.165) is 33.5 Å². The number of aromatic nitrogens is 3. The molecule has 2 heterocycles. The van der Waals surface area contributed by atoms with E-state index in [1.165, 1.54) is 6.20 Å². The van der Waals surface area contributed by atoms with Crippen LogP contribution in [0.15, 0.2) is 6.20 Å². The van der Waals surface area contributed by atoms with Gasteiger partial charge in [-0.2, -0.15) is 0 Å². The number of urea groups is 1. The highest BCUT2D eigenvalue weighted by Crippen LogP contribution is 2.29. The van der Waals surface area contributed by atoms with Gasteiger partial charge in [-0.25, -0.2) is 9.78 Å². The van der Waals surface area contributed by atoms with Gasteiger partial charge in [0.2, 0.25) is 0 Å². The maximum atomic E-state index is 12.2. The summed E-state index contributed by atoms with van der Waals surface area (Å²) in [7, 11) is 1.78. The molecule has 0 fully saturated rings. The van der Waals surface area contributed by atoms with E-state index >= 15 is 0 Å². The maximum Gasteiger partial charge on any atom is 0.322 e. The fraction of sp³-hybridized carbons (Fsp3) is 0.500. The van der Waals surface area contributed by atoms with Gasteiger partial charge in [0, 0.05) is 23.5 Å². The molecule has 20 heavy (non-hydrogen) atoms. The zero-order valence-corrected chi connectivity index (χ0v) is 13.5. The molecule has 0 aromatic carbocycles. The Balaban J connectivity index is 2.09. The Labute approximate surface area is 126 Å². The molecule has 108 valence electrons. The molecule has 0 aliphatic heterocycles. The Morgan fingerprint density at radius 3 is 2.85 bits per heavy atom. The molecule has 2 amide bonds. The van der Waals surface area contributed by atoms with Crippen molar-refractivity contribution in [3.8, 4) is 0 Å². The van der Waals surface area contributed by atoms with Gasteiger partial charge in [-0.1, -0.05) is 11.4 Å². The van der Waals surface area contributed by atoms with Gasteiger partial charge in [0.05, 0.1) is 22.9 Å². The number of nitrogens with one attached hydrogen (secondary N) is 1. The first-order valence-corrected chi connectivity index (χ1v) is 7.89. The number of thiazole rings is 1. The molecule has 2 aromatic rings. The van der Waals surface area contributed by atoms with E-state index in [9.17, 15) is 4.79 Å². The molecular weight excluding hydrogens is 294 g/mol. The summed E-state index contributed by atoms with van der Waals surface area (Å²) in [5.41, 5.74) is 0.999. The van der Waals surface area contributed by atoms with Crippen LogP contribution in [0.1, 0.15) is 35.5 Å². The van der Waals surface area contributed by atoms with Crippen LogP contribution in [0, 0.1) is 6.92 Å². The molecule has 2 aromatic heterocycles. The SMILES string of the molecule is CCc1nc(C)c(C(C)N(C)C(=O)Nc2cnns2)s1. The number of anilines is 1. The van der Waals surface area contributed by atoms with Gasteiger partial charge in [-0.05, 0) is 20.3 Å². The van der Waals surface area contributed by atoms with Crippen LogP contribution in [-0.4, -0.2) is 32.5 Å². The second kappa shape index (κ2) is 6.27. The standard InChI is InChI=1S/C12H17N5OS2/c1-5-9-14-7(2)11(19-9)8(3)17(4)12(18)15-10-6-13-16-20-10/h6,8H,5H2,1-4H3,(H,15,18). The number of nitrogens with zero attached hydrogens (tertiary/aromatic N) is 4. The second-order valence-electron chi connectivity index (χ2n) is 4.41. The van der Waals surface area contributed by atoms with Crippen LogP contribution in [0.25, 0.3) is 0 Å². The summed E-state index contributed by atoms with van der Waals surface area (Å²) in [5.74, 6) is 0. The minimum Gasteiger partial charge on any atom is -0.320 e.